The molecule has 0 unspecified atom stereocenters. The molecule has 7 atom stereocenters. The van der Waals surface area contributed by atoms with Gasteiger partial charge in [0, 0.05) is 5.41 Å². The fourth-order valence-corrected chi connectivity index (χ4v) is 8.84. The summed E-state index contributed by atoms with van der Waals surface area (Å²) in [4.78, 5) is 0. The number of hydrogen-bond donors (Lipinski definition) is 1. The highest BCUT2D eigenvalue weighted by Crippen LogP contribution is 2.72. The van der Waals surface area contributed by atoms with E-state index in [1.54, 1.807) is 0 Å². The van der Waals surface area contributed by atoms with Gasteiger partial charge in [-0.3, -0.25) is 0 Å². The number of aliphatic hydroxyl groups is 1. The van der Waals surface area contributed by atoms with E-state index in [0.29, 0.717) is 28.1 Å². The fraction of sp³-hybridized carbons (Fsp3) is 0.840. The van der Waals surface area contributed by atoms with Crippen LogP contribution >= 0.6 is 0 Å². The highest BCUT2D eigenvalue weighted by molar-refractivity contribution is 5.26. The third-order valence-electron chi connectivity index (χ3n) is 10.1. The Hall–Kier alpha value is -0.560. The lowest BCUT2D eigenvalue weighted by Gasteiger charge is -2.69. The molecule has 146 valence electrons. The van der Waals surface area contributed by atoms with Crippen molar-refractivity contribution in [1.82, 2.24) is 0 Å². The molecule has 0 aromatic heterocycles. The SMILES string of the molecule is C=CC1=CC[C@H]2[C@]3(C)CC[C@H]4C(C)(C)CCC[C@]4(C)[C@H]3C[C@@H](O)[C@]2(C)C1. The Morgan fingerprint density at radius 3 is 2.35 bits per heavy atom. The molecule has 4 rings (SSSR count). The van der Waals surface area contributed by atoms with E-state index in [4.69, 9.17) is 0 Å². The first-order valence-electron chi connectivity index (χ1n) is 11.1. The highest BCUT2D eigenvalue weighted by atomic mass is 16.3. The summed E-state index contributed by atoms with van der Waals surface area (Å²) in [5.74, 6) is 2.09. The summed E-state index contributed by atoms with van der Waals surface area (Å²) >= 11 is 0. The number of rotatable bonds is 1. The van der Waals surface area contributed by atoms with Crippen molar-refractivity contribution in [3.8, 4) is 0 Å². The third kappa shape index (κ3) is 2.31. The molecule has 1 heteroatoms. The molecule has 0 aromatic carbocycles. The monoisotopic (exact) mass is 356 g/mol. The normalized spacial score (nSPS) is 52.9. The van der Waals surface area contributed by atoms with E-state index in [9.17, 15) is 5.11 Å². The van der Waals surface area contributed by atoms with Gasteiger partial charge in [-0.25, -0.2) is 0 Å². The van der Waals surface area contributed by atoms with Crippen molar-refractivity contribution < 1.29 is 5.11 Å². The van der Waals surface area contributed by atoms with Crippen molar-refractivity contribution in [1.29, 1.82) is 0 Å². The minimum atomic E-state index is -0.171. The number of fused-ring (bicyclic) bond motifs is 5. The van der Waals surface area contributed by atoms with Crippen molar-refractivity contribution in [2.24, 2.45) is 39.4 Å². The summed E-state index contributed by atoms with van der Waals surface area (Å²) in [6.07, 6.45) is 14.3. The highest BCUT2D eigenvalue weighted by Gasteiger charge is 2.66. The lowest BCUT2D eigenvalue weighted by Crippen LogP contribution is -2.64. The van der Waals surface area contributed by atoms with E-state index in [-0.39, 0.29) is 11.5 Å². The van der Waals surface area contributed by atoms with Crippen LogP contribution in [-0.4, -0.2) is 11.2 Å². The van der Waals surface area contributed by atoms with Crippen LogP contribution in [0.5, 0.6) is 0 Å². The van der Waals surface area contributed by atoms with Crippen molar-refractivity contribution in [2.45, 2.75) is 92.1 Å². The van der Waals surface area contributed by atoms with Crippen molar-refractivity contribution in [2.75, 3.05) is 0 Å². The molecule has 0 aromatic rings. The second-order valence-corrected chi connectivity index (χ2v) is 11.7. The molecule has 4 aliphatic rings. The summed E-state index contributed by atoms with van der Waals surface area (Å²) in [5, 5.41) is 11.4. The molecule has 26 heavy (non-hydrogen) atoms. The summed E-state index contributed by atoms with van der Waals surface area (Å²) < 4.78 is 0. The first-order chi connectivity index (χ1) is 12.1. The van der Waals surface area contributed by atoms with Crippen LogP contribution in [0.3, 0.4) is 0 Å². The minimum Gasteiger partial charge on any atom is -0.393 e. The Balaban J connectivity index is 1.76. The summed E-state index contributed by atoms with van der Waals surface area (Å²) in [6, 6.07) is 0. The maximum Gasteiger partial charge on any atom is 0.0603 e. The van der Waals surface area contributed by atoms with Crippen molar-refractivity contribution in [3.63, 3.8) is 0 Å². The Bertz CT molecular complexity index is 630. The molecule has 0 saturated heterocycles. The van der Waals surface area contributed by atoms with E-state index in [1.165, 1.54) is 37.7 Å². The number of aliphatic hydroxyl groups excluding tert-OH is 1. The predicted molar refractivity (Wildman–Crippen MR) is 110 cm³/mol. The van der Waals surface area contributed by atoms with Gasteiger partial charge in [0.25, 0.3) is 0 Å². The van der Waals surface area contributed by atoms with E-state index >= 15 is 0 Å². The zero-order valence-electron chi connectivity index (χ0n) is 17.8. The van der Waals surface area contributed by atoms with E-state index in [1.807, 2.05) is 6.08 Å². The Morgan fingerprint density at radius 1 is 0.962 bits per heavy atom. The molecule has 0 bridgehead atoms. The standard InChI is InChI=1S/C25H40O/c1-7-17-9-10-19-24(5)14-11-18-22(2,3)12-8-13-23(18,4)20(24)15-21(26)25(19,6)16-17/h7,9,18-21,26H,1,8,10-16H2,2-6H3/t18-,19-,20+,21+,23-,24-,25+/m0/s1. The van der Waals surface area contributed by atoms with Crippen LogP contribution in [0.2, 0.25) is 0 Å². The van der Waals surface area contributed by atoms with Crippen LogP contribution in [-0.2, 0) is 0 Å². The molecule has 0 radical (unpaired) electrons. The summed E-state index contributed by atoms with van der Waals surface area (Å²) in [7, 11) is 0. The van der Waals surface area contributed by atoms with E-state index in [0.717, 1.165) is 25.2 Å². The maximum atomic E-state index is 11.4. The average Bonchev–Trinajstić information content (AvgIpc) is 2.56. The van der Waals surface area contributed by atoms with E-state index < -0.39 is 0 Å². The minimum absolute atomic E-state index is 0.0247. The predicted octanol–water partition coefficient (Wildman–Crippen LogP) is 6.53. The molecule has 0 aliphatic heterocycles. The smallest absolute Gasteiger partial charge is 0.0603 e. The first kappa shape index (κ1) is 18.8. The van der Waals surface area contributed by atoms with Crippen LogP contribution in [0.4, 0.5) is 0 Å². The number of allylic oxidation sites excluding steroid dienone is 3. The lowest BCUT2D eigenvalue weighted by atomic mass is 9.35. The average molecular weight is 357 g/mol. The van der Waals surface area contributed by atoms with Gasteiger partial charge in [0.05, 0.1) is 6.10 Å². The van der Waals surface area contributed by atoms with E-state index in [2.05, 4.69) is 47.3 Å². The molecule has 1 N–H and O–H groups in total. The zero-order valence-corrected chi connectivity index (χ0v) is 17.8. The molecule has 3 fully saturated rings. The Labute approximate surface area is 161 Å². The molecular weight excluding hydrogens is 316 g/mol. The zero-order chi connectivity index (χ0) is 19.0. The summed E-state index contributed by atoms with van der Waals surface area (Å²) in [5.41, 5.74) is 2.61. The lowest BCUT2D eigenvalue weighted by molar-refractivity contribution is -0.223. The van der Waals surface area contributed by atoms with Crippen LogP contribution in [0, 0.1) is 39.4 Å². The second kappa shape index (κ2) is 5.72. The third-order valence-corrected chi connectivity index (χ3v) is 10.1. The maximum absolute atomic E-state index is 11.4. The van der Waals surface area contributed by atoms with Gasteiger partial charge in [-0.15, -0.1) is 0 Å². The van der Waals surface area contributed by atoms with Crippen LogP contribution in [0.1, 0.15) is 86.0 Å². The topological polar surface area (TPSA) is 20.2 Å². The van der Waals surface area contributed by atoms with Crippen LogP contribution in [0.25, 0.3) is 0 Å². The fourth-order valence-electron chi connectivity index (χ4n) is 8.84. The van der Waals surface area contributed by atoms with Gasteiger partial charge in [-0.05, 0) is 78.9 Å². The molecule has 4 aliphatic carbocycles. The largest absolute Gasteiger partial charge is 0.393 e. The van der Waals surface area contributed by atoms with Gasteiger partial charge >= 0.3 is 0 Å². The van der Waals surface area contributed by atoms with Crippen LogP contribution < -0.4 is 0 Å². The second-order valence-electron chi connectivity index (χ2n) is 11.7. The van der Waals surface area contributed by atoms with Gasteiger partial charge in [0.15, 0.2) is 0 Å². The molecule has 3 saturated carbocycles. The molecular formula is C25H40O. The quantitative estimate of drug-likeness (QED) is 0.566. The molecule has 0 heterocycles. The Morgan fingerprint density at radius 2 is 1.65 bits per heavy atom. The van der Waals surface area contributed by atoms with Crippen LogP contribution in [0.15, 0.2) is 24.3 Å². The number of hydrogen-bond acceptors (Lipinski definition) is 1. The van der Waals surface area contributed by atoms with Crippen molar-refractivity contribution >= 4 is 0 Å². The van der Waals surface area contributed by atoms with Gasteiger partial charge in [-0.1, -0.05) is 65.3 Å². The van der Waals surface area contributed by atoms with Gasteiger partial charge in [0.2, 0.25) is 0 Å². The summed E-state index contributed by atoms with van der Waals surface area (Å²) in [6.45, 7) is 16.6. The molecule has 0 amide bonds. The van der Waals surface area contributed by atoms with Gasteiger partial charge < -0.3 is 5.11 Å². The Kier molecular flexibility index (Phi) is 4.14. The van der Waals surface area contributed by atoms with Gasteiger partial charge in [0.1, 0.15) is 0 Å². The first-order valence-corrected chi connectivity index (χ1v) is 11.1. The van der Waals surface area contributed by atoms with Gasteiger partial charge in [-0.2, -0.15) is 0 Å². The molecule has 1 nitrogen and oxygen atoms in total. The molecule has 0 spiro atoms. The van der Waals surface area contributed by atoms with Crippen molar-refractivity contribution in [3.05, 3.63) is 24.3 Å².